The van der Waals surface area contributed by atoms with Crippen molar-refractivity contribution in [3.63, 3.8) is 0 Å². The first-order valence-corrected chi connectivity index (χ1v) is 9.28. The van der Waals surface area contributed by atoms with E-state index in [9.17, 15) is 9.59 Å². The molecule has 0 aliphatic carbocycles. The summed E-state index contributed by atoms with van der Waals surface area (Å²) >= 11 is 0. The Morgan fingerprint density at radius 2 is 1.96 bits per heavy atom. The highest BCUT2D eigenvalue weighted by Crippen LogP contribution is 2.18. The lowest BCUT2D eigenvalue weighted by atomic mass is 10.2. The summed E-state index contributed by atoms with van der Waals surface area (Å²) in [6, 6.07) is 5.68. The van der Waals surface area contributed by atoms with Crippen LogP contribution in [0, 0.1) is 6.92 Å². The summed E-state index contributed by atoms with van der Waals surface area (Å²) in [6.07, 6.45) is -0.110. The SMILES string of the molecule is COc1nn(-c2ccc(NC(=O)NCCN(C(C)C)C(C)C)c(C)c2)c(=O)o1. The van der Waals surface area contributed by atoms with Crippen molar-refractivity contribution in [1.82, 2.24) is 20.0 Å². The zero-order valence-corrected chi connectivity index (χ0v) is 17.3. The molecule has 0 spiro atoms. The number of nitrogens with zero attached hydrogens (tertiary/aromatic N) is 3. The third kappa shape index (κ3) is 5.35. The van der Waals surface area contributed by atoms with Crippen LogP contribution >= 0.6 is 0 Å². The molecular weight excluding hydrogens is 362 g/mol. The number of carbonyl (C=O) groups is 1. The molecule has 1 aromatic carbocycles. The van der Waals surface area contributed by atoms with Crippen molar-refractivity contribution in [2.45, 2.75) is 46.7 Å². The Morgan fingerprint density at radius 1 is 1.29 bits per heavy atom. The Kier molecular flexibility index (Phi) is 7.22. The number of urea groups is 1. The molecule has 0 aliphatic rings. The van der Waals surface area contributed by atoms with E-state index in [0.29, 0.717) is 30.0 Å². The normalized spacial score (nSPS) is 11.3. The summed E-state index contributed by atoms with van der Waals surface area (Å²) in [5.41, 5.74) is 1.95. The maximum absolute atomic E-state index is 12.2. The number of aryl methyl sites for hydroxylation is 1. The van der Waals surface area contributed by atoms with Crippen molar-refractivity contribution >= 4 is 11.7 Å². The Hall–Kier alpha value is -2.81. The van der Waals surface area contributed by atoms with E-state index >= 15 is 0 Å². The molecule has 0 radical (unpaired) electrons. The van der Waals surface area contributed by atoms with Crippen LogP contribution in [-0.4, -0.2) is 53.0 Å². The van der Waals surface area contributed by atoms with E-state index in [1.165, 1.54) is 7.11 Å². The molecule has 2 rings (SSSR count). The number of amides is 2. The van der Waals surface area contributed by atoms with Crippen molar-refractivity contribution in [2.24, 2.45) is 0 Å². The number of methoxy groups -OCH3 is 1. The van der Waals surface area contributed by atoms with Crippen LogP contribution < -0.4 is 21.1 Å². The summed E-state index contributed by atoms with van der Waals surface area (Å²) in [6.45, 7) is 11.7. The van der Waals surface area contributed by atoms with Crippen molar-refractivity contribution in [2.75, 3.05) is 25.5 Å². The van der Waals surface area contributed by atoms with Gasteiger partial charge < -0.3 is 19.8 Å². The average Bonchev–Trinajstić information content (AvgIpc) is 3.00. The first-order chi connectivity index (χ1) is 13.2. The largest absolute Gasteiger partial charge is 0.452 e. The highest BCUT2D eigenvalue weighted by Gasteiger charge is 2.14. The van der Waals surface area contributed by atoms with Gasteiger partial charge >= 0.3 is 17.9 Å². The third-order valence-electron chi connectivity index (χ3n) is 4.39. The molecular formula is C19H29N5O4. The van der Waals surface area contributed by atoms with Gasteiger partial charge in [-0.3, -0.25) is 4.90 Å². The number of rotatable bonds is 8. The van der Waals surface area contributed by atoms with Crippen LogP contribution in [0.1, 0.15) is 33.3 Å². The van der Waals surface area contributed by atoms with E-state index in [4.69, 9.17) is 9.15 Å². The minimum absolute atomic E-state index is 0.110. The molecule has 28 heavy (non-hydrogen) atoms. The lowest BCUT2D eigenvalue weighted by Crippen LogP contribution is -2.43. The molecule has 2 aromatic rings. The van der Waals surface area contributed by atoms with Crippen LogP contribution in [0.15, 0.2) is 27.4 Å². The maximum atomic E-state index is 12.2. The molecule has 1 heterocycles. The fourth-order valence-electron chi connectivity index (χ4n) is 3.00. The van der Waals surface area contributed by atoms with Crippen LogP contribution in [0.3, 0.4) is 0 Å². The van der Waals surface area contributed by atoms with E-state index in [1.54, 1.807) is 18.2 Å². The van der Waals surface area contributed by atoms with E-state index < -0.39 is 5.76 Å². The zero-order valence-electron chi connectivity index (χ0n) is 17.3. The van der Waals surface area contributed by atoms with Gasteiger partial charge in [0.1, 0.15) is 0 Å². The number of hydrogen-bond donors (Lipinski definition) is 2. The number of carbonyl (C=O) groups excluding carboxylic acids is 1. The van der Waals surface area contributed by atoms with Crippen LogP contribution in [0.4, 0.5) is 10.5 Å². The van der Waals surface area contributed by atoms with Crippen molar-refractivity contribution in [3.8, 4) is 11.8 Å². The highest BCUT2D eigenvalue weighted by atomic mass is 16.6. The van der Waals surface area contributed by atoms with Gasteiger partial charge in [0.25, 0.3) is 0 Å². The minimum Gasteiger partial charge on any atom is -0.452 e. The Labute approximate surface area is 164 Å². The first-order valence-electron chi connectivity index (χ1n) is 9.28. The number of anilines is 1. The molecule has 0 bridgehead atoms. The predicted octanol–water partition coefficient (Wildman–Crippen LogP) is 2.38. The standard InChI is InChI=1S/C19H29N5O4/c1-12(2)23(13(3)4)10-9-20-17(25)21-16-8-7-15(11-14(16)5)24-19(26)28-18(22-24)27-6/h7-8,11-13H,9-10H2,1-6H3,(H2,20,21,25). The summed E-state index contributed by atoms with van der Waals surface area (Å²) in [5, 5.41) is 9.63. The molecule has 0 saturated carbocycles. The molecule has 0 aliphatic heterocycles. The van der Waals surface area contributed by atoms with Crippen LogP contribution in [0.2, 0.25) is 0 Å². The van der Waals surface area contributed by atoms with Crippen LogP contribution in [0.25, 0.3) is 5.69 Å². The van der Waals surface area contributed by atoms with Gasteiger partial charge in [0.05, 0.1) is 12.8 Å². The molecule has 9 nitrogen and oxygen atoms in total. The summed E-state index contributed by atoms with van der Waals surface area (Å²) in [4.78, 5) is 26.3. The van der Waals surface area contributed by atoms with Gasteiger partial charge in [0.2, 0.25) is 0 Å². The van der Waals surface area contributed by atoms with E-state index in [0.717, 1.165) is 16.8 Å². The molecule has 0 unspecified atom stereocenters. The quantitative estimate of drug-likeness (QED) is 0.716. The molecule has 154 valence electrons. The predicted molar refractivity (Wildman–Crippen MR) is 107 cm³/mol. The highest BCUT2D eigenvalue weighted by molar-refractivity contribution is 5.90. The molecule has 0 atom stereocenters. The second-order valence-corrected chi connectivity index (χ2v) is 7.06. The topological polar surface area (TPSA) is 102 Å². The zero-order chi connectivity index (χ0) is 20.8. The van der Waals surface area contributed by atoms with Crippen LogP contribution in [0.5, 0.6) is 6.08 Å². The molecule has 0 fully saturated rings. The molecule has 2 amide bonds. The lowest BCUT2D eigenvalue weighted by molar-refractivity contribution is 0.176. The van der Waals surface area contributed by atoms with E-state index in [1.807, 2.05) is 6.92 Å². The van der Waals surface area contributed by atoms with Crippen LogP contribution in [-0.2, 0) is 0 Å². The number of aromatic nitrogens is 2. The minimum atomic E-state index is -0.644. The van der Waals surface area contributed by atoms with Gasteiger partial charge in [-0.2, -0.15) is 4.68 Å². The summed E-state index contributed by atoms with van der Waals surface area (Å²) in [5.74, 6) is -0.644. The molecule has 2 N–H and O–H groups in total. The van der Waals surface area contributed by atoms with E-state index in [2.05, 4.69) is 48.3 Å². The molecule has 0 saturated heterocycles. The maximum Gasteiger partial charge on any atom is 0.444 e. The first kappa shape index (κ1) is 21.5. The molecule has 1 aromatic heterocycles. The van der Waals surface area contributed by atoms with Gasteiger partial charge in [-0.25, -0.2) is 9.59 Å². The summed E-state index contributed by atoms with van der Waals surface area (Å²) < 4.78 is 10.8. The number of nitrogens with one attached hydrogen (secondary N) is 2. The second kappa shape index (κ2) is 9.41. The van der Waals surface area contributed by atoms with Gasteiger partial charge in [-0.1, -0.05) is 5.10 Å². The fourth-order valence-corrected chi connectivity index (χ4v) is 3.00. The second-order valence-electron chi connectivity index (χ2n) is 7.06. The smallest absolute Gasteiger partial charge is 0.444 e. The fraction of sp³-hybridized carbons (Fsp3) is 0.526. The van der Waals surface area contributed by atoms with E-state index in [-0.39, 0.29) is 12.1 Å². The Bertz CT molecular complexity index is 848. The van der Waals surface area contributed by atoms with Gasteiger partial charge in [0.15, 0.2) is 0 Å². The summed E-state index contributed by atoms with van der Waals surface area (Å²) in [7, 11) is 1.37. The Balaban J connectivity index is 1.98. The Morgan fingerprint density at radius 3 is 2.50 bits per heavy atom. The van der Waals surface area contributed by atoms with Crippen molar-refractivity contribution in [1.29, 1.82) is 0 Å². The monoisotopic (exact) mass is 391 g/mol. The lowest BCUT2D eigenvalue weighted by Gasteiger charge is -2.30. The van der Waals surface area contributed by atoms with Gasteiger partial charge in [-0.05, 0) is 58.4 Å². The van der Waals surface area contributed by atoms with Crippen molar-refractivity contribution < 1.29 is 13.9 Å². The average molecular weight is 391 g/mol. The van der Waals surface area contributed by atoms with Gasteiger partial charge in [0, 0.05) is 30.9 Å². The number of benzene rings is 1. The van der Waals surface area contributed by atoms with Gasteiger partial charge in [-0.15, -0.1) is 0 Å². The number of ether oxygens (including phenoxy) is 1. The number of hydrogen-bond acceptors (Lipinski definition) is 6. The van der Waals surface area contributed by atoms with Crippen molar-refractivity contribution in [3.05, 3.63) is 34.3 Å². The third-order valence-corrected chi connectivity index (χ3v) is 4.39. The molecule has 9 heteroatoms.